The van der Waals surface area contributed by atoms with E-state index in [9.17, 15) is 0 Å². The van der Waals surface area contributed by atoms with Crippen LogP contribution in [0.2, 0.25) is 0 Å². The van der Waals surface area contributed by atoms with E-state index < -0.39 is 0 Å². The molecule has 1 nitrogen and oxygen atoms in total. The van der Waals surface area contributed by atoms with Crippen LogP contribution in [0.4, 0.5) is 0 Å². The van der Waals surface area contributed by atoms with E-state index in [-0.39, 0.29) is 0 Å². The molecule has 0 saturated heterocycles. The van der Waals surface area contributed by atoms with Gasteiger partial charge in [0.1, 0.15) is 5.57 Å². The van der Waals surface area contributed by atoms with E-state index >= 15 is 0 Å². The lowest BCUT2D eigenvalue weighted by atomic mass is 10.0. The second-order valence-corrected chi connectivity index (χ2v) is 3.45. The molecular weight excluding hydrogens is 158 g/mol. The summed E-state index contributed by atoms with van der Waals surface area (Å²) in [5.74, 6) is 0. The van der Waals surface area contributed by atoms with E-state index in [4.69, 9.17) is 5.73 Å². The summed E-state index contributed by atoms with van der Waals surface area (Å²) in [6.07, 6.45) is 16.3. The fourth-order valence-corrected chi connectivity index (χ4v) is 1.60. The van der Waals surface area contributed by atoms with Crippen LogP contribution in [0.15, 0.2) is 47.2 Å². The number of nitrogens with two attached hydrogens (primary N) is 1. The molecule has 0 fully saturated rings. The van der Waals surface area contributed by atoms with Gasteiger partial charge in [0.25, 0.3) is 0 Å². The summed E-state index contributed by atoms with van der Waals surface area (Å²) in [6, 6.07) is 0. The monoisotopic (exact) mass is 172 g/mol. The van der Waals surface area contributed by atoms with Crippen LogP contribution in [-0.2, 0) is 0 Å². The van der Waals surface area contributed by atoms with Gasteiger partial charge in [0, 0.05) is 49.1 Å². The zero-order valence-corrected chi connectivity index (χ0v) is 7.66. The molecule has 66 valence electrons. The predicted molar refractivity (Wildman–Crippen MR) is 55.7 cm³/mol. The van der Waals surface area contributed by atoms with Crippen LogP contribution >= 0.6 is 0 Å². The summed E-state index contributed by atoms with van der Waals surface area (Å²) in [4.78, 5) is 0. The first kappa shape index (κ1) is 8.24. The molecule has 0 aromatic carbocycles. The van der Waals surface area contributed by atoms with Crippen molar-refractivity contribution in [2.45, 2.75) is 19.3 Å². The smallest absolute Gasteiger partial charge is 0.125 e. The number of allylic oxidation sites excluding steroid dienone is 7. The summed E-state index contributed by atoms with van der Waals surface area (Å²) in [5, 5.41) is 0. The number of rotatable bonds is 1. The molecule has 13 heavy (non-hydrogen) atoms. The average Bonchev–Trinajstić information content (AvgIpc) is 2.62. The molecule has 0 saturated carbocycles. The first-order valence-electron chi connectivity index (χ1n) is 4.72. The minimum atomic E-state index is 0.876. The fourth-order valence-electron chi connectivity index (χ4n) is 1.60. The van der Waals surface area contributed by atoms with Crippen LogP contribution in [0.1, 0.15) is 19.3 Å². The topological polar surface area (TPSA) is 26.0 Å². The Bertz CT molecular complexity index is 316. The lowest BCUT2D eigenvalue weighted by Gasteiger charge is -2.02. The molecule has 0 aromatic rings. The molecule has 0 unspecified atom stereocenters. The minimum Gasteiger partial charge on any atom is -0.399 e. The van der Waals surface area contributed by atoms with Crippen LogP contribution in [0.5, 0.6) is 0 Å². The zero-order chi connectivity index (χ0) is 9.10. The molecule has 0 atom stereocenters. The molecule has 1 heteroatoms. The van der Waals surface area contributed by atoms with Gasteiger partial charge < -0.3 is 5.73 Å². The van der Waals surface area contributed by atoms with Gasteiger partial charge in [-0.15, -0.1) is 0 Å². The summed E-state index contributed by atoms with van der Waals surface area (Å²) in [7, 11) is 0. The lowest BCUT2D eigenvalue weighted by molar-refractivity contribution is 1.06. The number of hydrogen-bond donors (Lipinski definition) is 1. The van der Waals surface area contributed by atoms with E-state index in [1.807, 2.05) is 6.08 Å². The van der Waals surface area contributed by atoms with Crippen molar-refractivity contribution in [3.63, 3.8) is 0 Å². The van der Waals surface area contributed by atoms with Crippen molar-refractivity contribution in [2.24, 2.45) is 5.73 Å². The zero-order valence-electron chi connectivity index (χ0n) is 7.66. The van der Waals surface area contributed by atoms with E-state index in [0.29, 0.717) is 0 Å². The van der Waals surface area contributed by atoms with E-state index in [1.54, 1.807) is 0 Å². The summed E-state index contributed by atoms with van der Waals surface area (Å²) >= 11 is 0. The van der Waals surface area contributed by atoms with Gasteiger partial charge in [-0.1, -0.05) is 6.08 Å². The highest BCUT2D eigenvalue weighted by atomic mass is 14.6. The van der Waals surface area contributed by atoms with Crippen molar-refractivity contribution >= 4 is 0 Å². The molecule has 0 aliphatic heterocycles. The molecule has 0 spiro atoms. The maximum absolute atomic E-state index is 5.63. The fraction of sp³-hybridized carbons (Fsp3) is 0.250. The molecule has 0 aromatic heterocycles. The van der Waals surface area contributed by atoms with Crippen LogP contribution in [0.25, 0.3) is 0 Å². The van der Waals surface area contributed by atoms with Gasteiger partial charge in [-0.25, -0.2) is 0 Å². The van der Waals surface area contributed by atoms with Crippen LogP contribution in [0.3, 0.4) is 0 Å². The average molecular weight is 172 g/mol. The van der Waals surface area contributed by atoms with E-state index in [0.717, 1.165) is 12.1 Å². The van der Waals surface area contributed by atoms with Crippen LogP contribution in [0, 0.1) is 6.42 Å². The van der Waals surface area contributed by atoms with Gasteiger partial charge in [0.2, 0.25) is 0 Å². The SMILES string of the molecule is NC1=CCC(=CC2=CCC[CH+]2)C=C1. The second-order valence-electron chi connectivity index (χ2n) is 3.45. The highest BCUT2D eigenvalue weighted by Gasteiger charge is 2.11. The lowest BCUT2D eigenvalue weighted by Crippen LogP contribution is -1.97. The molecule has 0 bridgehead atoms. The summed E-state index contributed by atoms with van der Waals surface area (Å²) < 4.78 is 0. The first-order chi connectivity index (χ1) is 6.34. The molecule has 0 amide bonds. The largest absolute Gasteiger partial charge is 0.399 e. The van der Waals surface area contributed by atoms with Gasteiger partial charge >= 0.3 is 0 Å². The maximum atomic E-state index is 5.63. The Kier molecular flexibility index (Phi) is 2.26. The van der Waals surface area contributed by atoms with Crippen molar-refractivity contribution < 1.29 is 0 Å². The van der Waals surface area contributed by atoms with Gasteiger partial charge in [-0.05, 0) is 12.2 Å². The first-order valence-corrected chi connectivity index (χ1v) is 4.72. The quantitative estimate of drug-likeness (QED) is 0.604. The molecule has 0 heterocycles. The van der Waals surface area contributed by atoms with E-state index in [1.165, 1.54) is 24.0 Å². The molecule has 2 aliphatic carbocycles. The van der Waals surface area contributed by atoms with Gasteiger partial charge in [-0.2, -0.15) is 0 Å². The van der Waals surface area contributed by atoms with Crippen molar-refractivity contribution in [3.05, 3.63) is 53.6 Å². The van der Waals surface area contributed by atoms with Gasteiger partial charge in [0.05, 0.1) is 0 Å². The predicted octanol–water partition coefficient (Wildman–Crippen LogP) is 2.64. The molecular formula is C12H14N+. The highest BCUT2D eigenvalue weighted by molar-refractivity contribution is 5.41. The Morgan fingerprint density at radius 1 is 1.31 bits per heavy atom. The standard InChI is InChI=1S/C12H14N/c13-12-7-5-11(6-8-12)9-10-3-1-2-4-10/h3-5,7-9H,1-2,6,13H2/q+1. The third-order valence-corrected chi connectivity index (χ3v) is 2.34. The van der Waals surface area contributed by atoms with Crippen LogP contribution in [-0.4, -0.2) is 0 Å². The molecule has 0 radical (unpaired) electrons. The Morgan fingerprint density at radius 3 is 2.85 bits per heavy atom. The van der Waals surface area contributed by atoms with Crippen LogP contribution < -0.4 is 5.73 Å². The Balaban J connectivity index is 2.06. The minimum absolute atomic E-state index is 0.876. The summed E-state index contributed by atoms with van der Waals surface area (Å²) in [6.45, 7) is 0. The summed E-state index contributed by atoms with van der Waals surface area (Å²) in [5.41, 5.74) is 9.22. The van der Waals surface area contributed by atoms with Gasteiger partial charge in [0.15, 0.2) is 0 Å². The Labute approximate surface area is 79.3 Å². The van der Waals surface area contributed by atoms with Crippen molar-refractivity contribution in [1.29, 1.82) is 0 Å². The maximum Gasteiger partial charge on any atom is 0.125 e. The van der Waals surface area contributed by atoms with Crippen molar-refractivity contribution in [2.75, 3.05) is 0 Å². The van der Waals surface area contributed by atoms with Crippen molar-refractivity contribution in [1.82, 2.24) is 0 Å². The molecule has 2 aliphatic rings. The van der Waals surface area contributed by atoms with Crippen molar-refractivity contribution in [3.8, 4) is 0 Å². The Hall–Kier alpha value is -1.37. The Morgan fingerprint density at radius 2 is 2.23 bits per heavy atom. The molecule has 2 N–H and O–H groups in total. The molecule has 2 rings (SSSR count). The number of hydrogen-bond acceptors (Lipinski definition) is 1. The third-order valence-electron chi connectivity index (χ3n) is 2.34. The normalized spacial score (nSPS) is 24.2. The van der Waals surface area contributed by atoms with Gasteiger partial charge in [-0.3, -0.25) is 0 Å². The van der Waals surface area contributed by atoms with E-state index in [2.05, 4.69) is 30.7 Å². The third kappa shape index (κ3) is 2.05. The second kappa shape index (κ2) is 3.56. The highest BCUT2D eigenvalue weighted by Crippen LogP contribution is 2.21.